The van der Waals surface area contributed by atoms with Crippen molar-refractivity contribution in [3.05, 3.63) is 48.0 Å². The van der Waals surface area contributed by atoms with E-state index in [9.17, 15) is 5.11 Å². The number of rotatable bonds is 1. The van der Waals surface area contributed by atoms with Crippen molar-refractivity contribution in [1.82, 2.24) is 9.97 Å². The molecule has 0 aliphatic carbocycles. The first kappa shape index (κ1) is 9.90. The molecule has 84 valence electrons. The Bertz CT molecular complexity index is 686. The fourth-order valence-corrected chi connectivity index (χ4v) is 1.98. The molecule has 17 heavy (non-hydrogen) atoms. The Balaban J connectivity index is 2.26. The van der Waals surface area contributed by atoms with Gasteiger partial charge in [0.15, 0.2) is 0 Å². The number of para-hydroxylation sites is 2. The van der Waals surface area contributed by atoms with Gasteiger partial charge in [-0.05, 0) is 30.7 Å². The molecule has 0 spiro atoms. The Kier molecular flexibility index (Phi) is 2.11. The predicted molar refractivity (Wildman–Crippen MR) is 67.9 cm³/mol. The molecule has 0 aliphatic heterocycles. The van der Waals surface area contributed by atoms with E-state index in [0.29, 0.717) is 5.82 Å². The summed E-state index contributed by atoms with van der Waals surface area (Å²) >= 11 is 0. The van der Waals surface area contributed by atoms with Crippen molar-refractivity contribution < 1.29 is 5.11 Å². The number of aromatic hydroxyl groups is 1. The minimum absolute atomic E-state index is 0.240. The Labute approximate surface area is 98.8 Å². The van der Waals surface area contributed by atoms with Crippen molar-refractivity contribution in [3.8, 4) is 17.1 Å². The van der Waals surface area contributed by atoms with Gasteiger partial charge in [-0.15, -0.1) is 0 Å². The van der Waals surface area contributed by atoms with Gasteiger partial charge >= 0.3 is 0 Å². The molecule has 0 amide bonds. The first-order valence-corrected chi connectivity index (χ1v) is 5.49. The summed E-state index contributed by atoms with van der Waals surface area (Å²) in [5.74, 6) is 0.941. The van der Waals surface area contributed by atoms with E-state index in [-0.39, 0.29) is 5.75 Å². The van der Waals surface area contributed by atoms with Gasteiger partial charge < -0.3 is 10.1 Å². The van der Waals surface area contributed by atoms with Crippen molar-refractivity contribution in [1.29, 1.82) is 0 Å². The zero-order valence-corrected chi connectivity index (χ0v) is 9.44. The second-order valence-electron chi connectivity index (χ2n) is 4.07. The smallest absolute Gasteiger partial charge is 0.142 e. The minimum Gasteiger partial charge on any atom is -0.507 e. The van der Waals surface area contributed by atoms with Crippen LogP contribution in [0.25, 0.3) is 22.4 Å². The summed E-state index contributed by atoms with van der Waals surface area (Å²) in [7, 11) is 0. The van der Waals surface area contributed by atoms with Crippen LogP contribution < -0.4 is 0 Å². The molecule has 0 atom stereocenters. The maximum Gasteiger partial charge on any atom is 0.142 e. The van der Waals surface area contributed by atoms with Crippen LogP contribution in [0.4, 0.5) is 0 Å². The van der Waals surface area contributed by atoms with Crippen LogP contribution in [0.15, 0.2) is 42.5 Å². The van der Waals surface area contributed by atoms with Crippen LogP contribution in [0.5, 0.6) is 5.75 Å². The fraction of sp³-hybridized carbons (Fsp3) is 0.0714. The highest BCUT2D eigenvalue weighted by atomic mass is 16.3. The second kappa shape index (κ2) is 3.63. The van der Waals surface area contributed by atoms with Crippen molar-refractivity contribution in [2.45, 2.75) is 6.92 Å². The molecule has 3 aromatic rings. The first-order valence-electron chi connectivity index (χ1n) is 5.49. The molecule has 0 aliphatic rings. The number of hydrogen-bond acceptors (Lipinski definition) is 2. The zero-order valence-electron chi connectivity index (χ0n) is 9.44. The van der Waals surface area contributed by atoms with E-state index in [1.165, 1.54) is 0 Å². The third-order valence-corrected chi connectivity index (χ3v) is 2.87. The summed E-state index contributed by atoms with van der Waals surface area (Å²) in [6, 6.07) is 13.2. The topological polar surface area (TPSA) is 48.9 Å². The number of fused-ring (bicyclic) bond motifs is 1. The average Bonchev–Trinajstić information content (AvgIpc) is 2.75. The van der Waals surface area contributed by atoms with Gasteiger partial charge in [0.1, 0.15) is 11.6 Å². The normalized spacial score (nSPS) is 10.9. The standard InChI is InChI=1S/C14H12N2O/c1-9-5-4-7-11-13(9)16-14(15-11)10-6-2-3-8-12(10)17/h2-8,17H,1H3,(H,15,16). The number of H-pyrrole nitrogens is 1. The van der Waals surface area contributed by atoms with Gasteiger partial charge in [-0.2, -0.15) is 0 Å². The third kappa shape index (κ3) is 1.56. The number of aromatic nitrogens is 2. The number of aromatic amines is 1. The Morgan fingerprint density at radius 1 is 1.06 bits per heavy atom. The molecule has 0 radical (unpaired) electrons. The largest absolute Gasteiger partial charge is 0.507 e. The van der Waals surface area contributed by atoms with Crippen LogP contribution in [0.1, 0.15) is 5.56 Å². The van der Waals surface area contributed by atoms with Gasteiger partial charge in [-0.25, -0.2) is 4.98 Å². The van der Waals surface area contributed by atoms with E-state index in [2.05, 4.69) is 9.97 Å². The van der Waals surface area contributed by atoms with Gasteiger partial charge in [0, 0.05) is 0 Å². The second-order valence-corrected chi connectivity index (χ2v) is 4.07. The molecule has 0 saturated heterocycles. The highest BCUT2D eigenvalue weighted by Crippen LogP contribution is 2.28. The number of phenols is 1. The molecular formula is C14H12N2O. The van der Waals surface area contributed by atoms with Crippen molar-refractivity contribution in [2.75, 3.05) is 0 Å². The summed E-state index contributed by atoms with van der Waals surface area (Å²) < 4.78 is 0. The SMILES string of the molecule is Cc1cccc2[nH]c(-c3ccccc3O)nc12. The minimum atomic E-state index is 0.240. The van der Waals surface area contributed by atoms with Crippen LogP contribution >= 0.6 is 0 Å². The number of imidazole rings is 1. The van der Waals surface area contributed by atoms with Gasteiger partial charge in [0.25, 0.3) is 0 Å². The van der Waals surface area contributed by atoms with Gasteiger partial charge in [-0.1, -0.05) is 24.3 Å². The van der Waals surface area contributed by atoms with Crippen LogP contribution in [0.3, 0.4) is 0 Å². The van der Waals surface area contributed by atoms with Crippen LogP contribution in [0.2, 0.25) is 0 Å². The predicted octanol–water partition coefficient (Wildman–Crippen LogP) is 3.24. The Morgan fingerprint density at radius 2 is 1.88 bits per heavy atom. The number of benzene rings is 2. The lowest BCUT2D eigenvalue weighted by Gasteiger charge is -1.98. The maximum atomic E-state index is 9.80. The summed E-state index contributed by atoms with van der Waals surface area (Å²) in [5, 5.41) is 9.80. The molecule has 3 heteroatoms. The third-order valence-electron chi connectivity index (χ3n) is 2.87. The fourth-order valence-electron chi connectivity index (χ4n) is 1.98. The monoisotopic (exact) mass is 224 g/mol. The average molecular weight is 224 g/mol. The molecule has 3 nitrogen and oxygen atoms in total. The lowest BCUT2D eigenvalue weighted by molar-refractivity contribution is 0.477. The van der Waals surface area contributed by atoms with Crippen LogP contribution in [-0.4, -0.2) is 15.1 Å². The van der Waals surface area contributed by atoms with E-state index < -0.39 is 0 Å². The van der Waals surface area contributed by atoms with E-state index in [4.69, 9.17) is 0 Å². The number of aryl methyl sites for hydroxylation is 1. The summed E-state index contributed by atoms with van der Waals surface area (Å²) in [5.41, 5.74) is 3.79. The van der Waals surface area contributed by atoms with E-state index in [1.807, 2.05) is 37.3 Å². The summed E-state index contributed by atoms with van der Waals surface area (Å²) in [6.07, 6.45) is 0. The molecular weight excluding hydrogens is 212 g/mol. The Morgan fingerprint density at radius 3 is 2.65 bits per heavy atom. The molecule has 0 unspecified atom stereocenters. The van der Waals surface area contributed by atoms with Crippen molar-refractivity contribution >= 4 is 11.0 Å². The molecule has 1 aromatic heterocycles. The highest BCUT2D eigenvalue weighted by Gasteiger charge is 2.09. The van der Waals surface area contributed by atoms with Gasteiger partial charge in [0.05, 0.1) is 16.6 Å². The van der Waals surface area contributed by atoms with E-state index in [0.717, 1.165) is 22.2 Å². The number of phenolic OH excluding ortho intramolecular Hbond substituents is 1. The van der Waals surface area contributed by atoms with E-state index >= 15 is 0 Å². The molecule has 0 saturated carbocycles. The zero-order chi connectivity index (χ0) is 11.8. The molecule has 1 heterocycles. The van der Waals surface area contributed by atoms with Crippen molar-refractivity contribution in [3.63, 3.8) is 0 Å². The number of nitrogens with one attached hydrogen (secondary N) is 1. The number of nitrogens with zero attached hydrogens (tertiary/aromatic N) is 1. The highest BCUT2D eigenvalue weighted by molar-refractivity contribution is 5.83. The summed E-state index contributed by atoms with van der Waals surface area (Å²) in [6.45, 7) is 2.03. The van der Waals surface area contributed by atoms with Crippen molar-refractivity contribution in [2.24, 2.45) is 0 Å². The van der Waals surface area contributed by atoms with Crippen LogP contribution in [-0.2, 0) is 0 Å². The van der Waals surface area contributed by atoms with Gasteiger partial charge in [0.2, 0.25) is 0 Å². The molecule has 3 rings (SSSR count). The lowest BCUT2D eigenvalue weighted by Crippen LogP contribution is -1.80. The van der Waals surface area contributed by atoms with E-state index in [1.54, 1.807) is 12.1 Å². The first-order chi connectivity index (χ1) is 8.25. The van der Waals surface area contributed by atoms with Gasteiger partial charge in [-0.3, -0.25) is 0 Å². The lowest BCUT2D eigenvalue weighted by atomic mass is 10.2. The molecule has 0 fully saturated rings. The Hall–Kier alpha value is -2.29. The van der Waals surface area contributed by atoms with Crippen LogP contribution in [0, 0.1) is 6.92 Å². The molecule has 0 bridgehead atoms. The summed E-state index contributed by atoms with van der Waals surface area (Å²) in [4.78, 5) is 7.75. The number of hydrogen-bond donors (Lipinski definition) is 2. The quantitative estimate of drug-likeness (QED) is 0.666. The maximum absolute atomic E-state index is 9.80. The molecule has 2 N–H and O–H groups in total. The molecule has 2 aromatic carbocycles.